The quantitative estimate of drug-likeness (QED) is 0.366. The number of fused-ring (bicyclic) bond motifs is 2. The maximum Gasteiger partial charge on any atom is 0.253 e. The van der Waals surface area contributed by atoms with Crippen LogP contribution in [0.3, 0.4) is 0 Å². The molecule has 4 aromatic rings. The van der Waals surface area contributed by atoms with E-state index in [-0.39, 0.29) is 18.4 Å². The van der Waals surface area contributed by atoms with Crippen LogP contribution in [-0.4, -0.2) is 81.7 Å². The minimum atomic E-state index is -0.390. The summed E-state index contributed by atoms with van der Waals surface area (Å²) < 4.78 is 18.0. The van der Waals surface area contributed by atoms with Gasteiger partial charge in [-0.25, -0.2) is 4.68 Å². The molecular weight excluding hydrogens is 498 g/mol. The Morgan fingerprint density at radius 3 is 2.64 bits per heavy atom. The van der Waals surface area contributed by atoms with E-state index in [1.54, 1.807) is 11.8 Å². The molecule has 1 atom stereocenters. The predicted octanol–water partition coefficient (Wildman–Crippen LogP) is 2.41. The van der Waals surface area contributed by atoms with Crippen LogP contribution in [0.25, 0.3) is 10.9 Å². The summed E-state index contributed by atoms with van der Waals surface area (Å²) in [6, 6.07) is 11.9. The molecule has 0 radical (unpaired) electrons. The molecule has 6 rings (SSSR count). The van der Waals surface area contributed by atoms with Crippen molar-refractivity contribution in [3.8, 4) is 11.5 Å². The van der Waals surface area contributed by atoms with Crippen LogP contribution < -0.4 is 15.0 Å². The molecule has 0 bridgehead atoms. The molecule has 4 heterocycles. The fourth-order valence-corrected chi connectivity index (χ4v) is 5.42. The number of nitrogens with one attached hydrogen (secondary N) is 1. The predicted molar refractivity (Wildman–Crippen MR) is 145 cm³/mol. The Bertz CT molecular complexity index is 1540. The summed E-state index contributed by atoms with van der Waals surface area (Å²) >= 11 is 0. The number of nitrogens with zero attached hydrogens (tertiary/aromatic N) is 6. The first kappa shape index (κ1) is 25.5. The van der Waals surface area contributed by atoms with Crippen LogP contribution in [0.4, 0.5) is 0 Å². The Balaban J connectivity index is 1.29. The lowest BCUT2D eigenvalue weighted by atomic mass is 10.00. The number of H-pyrrole nitrogens is 1. The average Bonchev–Trinajstić information content (AvgIpc) is 3.59. The van der Waals surface area contributed by atoms with Crippen molar-refractivity contribution < 1.29 is 14.2 Å². The van der Waals surface area contributed by atoms with Crippen molar-refractivity contribution >= 4 is 10.9 Å². The second-order valence-electron chi connectivity index (χ2n) is 10.2. The highest BCUT2D eigenvalue weighted by Crippen LogP contribution is 2.33. The third kappa shape index (κ3) is 5.12. The molecule has 0 unspecified atom stereocenters. The number of hydrogen-bond donors (Lipinski definition) is 1. The van der Waals surface area contributed by atoms with Crippen molar-refractivity contribution in [2.45, 2.75) is 33.0 Å². The number of piperazine rings is 1. The number of aromatic amines is 1. The average molecular weight is 532 g/mol. The molecule has 2 aromatic heterocycles. The van der Waals surface area contributed by atoms with Gasteiger partial charge < -0.3 is 19.2 Å². The highest BCUT2D eigenvalue weighted by Gasteiger charge is 2.33. The monoisotopic (exact) mass is 531 g/mol. The molecule has 39 heavy (non-hydrogen) atoms. The number of methoxy groups -OCH3 is 1. The van der Waals surface area contributed by atoms with Crippen molar-refractivity contribution in [1.82, 2.24) is 35.0 Å². The lowest BCUT2D eigenvalue weighted by Gasteiger charge is -2.38. The Morgan fingerprint density at radius 2 is 1.82 bits per heavy atom. The lowest BCUT2D eigenvalue weighted by molar-refractivity contribution is 0.0984. The molecule has 1 fully saturated rings. The summed E-state index contributed by atoms with van der Waals surface area (Å²) in [7, 11) is 1.65. The van der Waals surface area contributed by atoms with Crippen LogP contribution in [0.2, 0.25) is 0 Å². The summed E-state index contributed by atoms with van der Waals surface area (Å²) in [5.74, 6) is 2.24. The number of ether oxygens (including phenoxy) is 3. The molecule has 0 spiro atoms. The molecule has 2 aliphatic rings. The van der Waals surface area contributed by atoms with E-state index in [9.17, 15) is 4.79 Å². The van der Waals surface area contributed by atoms with E-state index in [1.165, 1.54) is 11.1 Å². The summed E-state index contributed by atoms with van der Waals surface area (Å²) in [6.45, 7) is 9.41. The highest BCUT2D eigenvalue weighted by molar-refractivity contribution is 5.81. The zero-order valence-electron chi connectivity index (χ0n) is 22.5. The molecule has 2 aliphatic heterocycles. The first-order chi connectivity index (χ1) is 19.0. The van der Waals surface area contributed by atoms with Gasteiger partial charge in [0, 0.05) is 50.9 Å². The molecule has 0 aliphatic carbocycles. The van der Waals surface area contributed by atoms with Gasteiger partial charge >= 0.3 is 0 Å². The molecular formula is C28H33N7O4. The topological polar surface area (TPSA) is 111 Å². The van der Waals surface area contributed by atoms with Crippen LogP contribution in [0.15, 0.2) is 41.2 Å². The minimum Gasteiger partial charge on any atom is -0.454 e. The number of aromatic nitrogens is 5. The van der Waals surface area contributed by atoms with Crippen LogP contribution in [0.1, 0.15) is 34.1 Å². The first-order valence-corrected chi connectivity index (χ1v) is 13.2. The van der Waals surface area contributed by atoms with E-state index >= 15 is 0 Å². The Hall–Kier alpha value is -3.80. The Morgan fingerprint density at radius 1 is 1.03 bits per heavy atom. The van der Waals surface area contributed by atoms with Gasteiger partial charge in [0.1, 0.15) is 6.04 Å². The number of tetrazole rings is 1. The molecule has 0 amide bonds. The van der Waals surface area contributed by atoms with Gasteiger partial charge in [-0.1, -0.05) is 6.07 Å². The Kier molecular flexibility index (Phi) is 7.03. The van der Waals surface area contributed by atoms with Gasteiger partial charge in [-0.3, -0.25) is 14.6 Å². The largest absolute Gasteiger partial charge is 0.454 e. The van der Waals surface area contributed by atoms with E-state index in [0.29, 0.717) is 24.5 Å². The van der Waals surface area contributed by atoms with Gasteiger partial charge in [-0.05, 0) is 76.7 Å². The van der Waals surface area contributed by atoms with E-state index in [0.717, 1.165) is 60.7 Å². The molecule has 0 saturated carbocycles. The smallest absolute Gasteiger partial charge is 0.253 e. The summed E-state index contributed by atoms with van der Waals surface area (Å²) in [5, 5.41) is 13.6. The summed E-state index contributed by atoms with van der Waals surface area (Å²) in [5.41, 5.74) is 4.86. The summed E-state index contributed by atoms with van der Waals surface area (Å²) in [4.78, 5) is 21.4. The fraction of sp³-hybridized carbons (Fsp3) is 0.429. The van der Waals surface area contributed by atoms with Crippen LogP contribution in [0.5, 0.6) is 11.5 Å². The number of benzene rings is 2. The Labute approximate surface area is 226 Å². The SMILES string of the molecule is COCCn1nnnc1[C@@H](c1cc2cc(C)c(C)cc2[nH]c1=O)N1CCN(Cc2ccc3c(c2)OCO3)CC1. The second-order valence-corrected chi connectivity index (χ2v) is 10.2. The fourth-order valence-electron chi connectivity index (χ4n) is 5.42. The van der Waals surface area contributed by atoms with E-state index in [4.69, 9.17) is 14.2 Å². The van der Waals surface area contributed by atoms with E-state index in [2.05, 4.69) is 62.4 Å². The third-order valence-corrected chi connectivity index (χ3v) is 7.71. The van der Waals surface area contributed by atoms with E-state index < -0.39 is 0 Å². The second kappa shape index (κ2) is 10.8. The van der Waals surface area contributed by atoms with Crippen molar-refractivity contribution in [3.63, 3.8) is 0 Å². The molecule has 204 valence electrons. The van der Waals surface area contributed by atoms with Gasteiger partial charge in [0.05, 0.1) is 13.2 Å². The highest BCUT2D eigenvalue weighted by atomic mass is 16.7. The lowest BCUT2D eigenvalue weighted by Crippen LogP contribution is -2.48. The van der Waals surface area contributed by atoms with Gasteiger partial charge in [0.2, 0.25) is 6.79 Å². The standard InChI is InChI=1S/C28H33N7O4/c1-18-12-21-15-22(28(36)29-23(21)13-19(18)2)26(27-30-31-32-35(27)10-11-37-3)34-8-6-33(7-9-34)16-20-4-5-24-25(14-20)39-17-38-24/h4-5,12-15,26H,6-11,16-17H2,1-3H3,(H,29,36)/t26-/m1/s1. The molecule has 1 saturated heterocycles. The zero-order valence-corrected chi connectivity index (χ0v) is 22.5. The summed E-state index contributed by atoms with van der Waals surface area (Å²) in [6.07, 6.45) is 0. The minimum absolute atomic E-state index is 0.125. The van der Waals surface area contributed by atoms with Gasteiger partial charge in [0.15, 0.2) is 17.3 Å². The van der Waals surface area contributed by atoms with Gasteiger partial charge in [-0.2, -0.15) is 0 Å². The third-order valence-electron chi connectivity index (χ3n) is 7.71. The van der Waals surface area contributed by atoms with Crippen molar-refractivity contribution in [2.24, 2.45) is 0 Å². The number of hydrogen-bond acceptors (Lipinski definition) is 9. The number of aryl methyl sites for hydroxylation is 2. The molecule has 11 heteroatoms. The maximum absolute atomic E-state index is 13.5. The molecule has 11 nitrogen and oxygen atoms in total. The number of pyridine rings is 1. The first-order valence-electron chi connectivity index (χ1n) is 13.2. The van der Waals surface area contributed by atoms with Crippen molar-refractivity contribution in [2.75, 3.05) is 46.7 Å². The maximum atomic E-state index is 13.5. The number of rotatable bonds is 8. The van der Waals surface area contributed by atoms with Gasteiger partial charge in [0.25, 0.3) is 5.56 Å². The van der Waals surface area contributed by atoms with Crippen LogP contribution in [0, 0.1) is 13.8 Å². The van der Waals surface area contributed by atoms with Crippen LogP contribution >= 0.6 is 0 Å². The van der Waals surface area contributed by atoms with Gasteiger partial charge in [-0.15, -0.1) is 5.10 Å². The normalized spacial score (nSPS) is 16.7. The van der Waals surface area contributed by atoms with Crippen LogP contribution in [-0.2, 0) is 17.8 Å². The molecule has 1 N–H and O–H groups in total. The van der Waals surface area contributed by atoms with E-state index in [1.807, 2.05) is 18.2 Å². The molecule has 2 aromatic carbocycles. The zero-order chi connectivity index (χ0) is 26.9. The van der Waals surface area contributed by atoms with Crippen molar-refractivity contribution in [1.29, 1.82) is 0 Å². The van der Waals surface area contributed by atoms with Crippen molar-refractivity contribution in [3.05, 3.63) is 74.8 Å².